The standard InChI is InChI=1S/C12H14FN3/c1-9(14)8-16-7-6-12(15-16)10-2-4-11(13)5-3-10/h2-7,9H,8,14H2,1H3/t9-/m0/s1. The van der Waals surface area contributed by atoms with Crippen LogP contribution in [-0.2, 0) is 6.54 Å². The Morgan fingerprint density at radius 2 is 2.00 bits per heavy atom. The van der Waals surface area contributed by atoms with Gasteiger partial charge in [-0.05, 0) is 37.3 Å². The first-order chi connectivity index (χ1) is 7.65. The minimum atomic E-state index is -0.237. The molecule has 1 heterocycles. The molecule has 0 saturated heterocycles. The Kier molecular flexibility index (Phi) is 3.01. The molecule has 3 nitrogen and oxygen atoms in total. The van der Waals surface area contributed by atoms with E-state index in [2.05, 4.69) is 5.10 Å². The van der Waals surface area contributed by atoms with Gasteiger partial charge in [0.2, 0.25) is 0 Å². The van der Waals surface area contributed by atoms with Gasteiger partial charge in [0, 0.05) is 17.8 Å². The van der Waals surface area contributed by atoms with Crippen molar-refractivity contribution < 1.29 is 4.39 Å². The van der Waals surface area contributed by atoms with Crippen molar-refractivity contribution in [3.8, 4) is 11.3 Å². The van der Waals surface area contributed by atoms with Crippen LogP contribution in [0, 0.1) is 5.82 Å². The number of hydrogen-bond acceptors (Lipinski definition) is 2. The smallest absolute Gasteiger partial charge is 0.123 e. The fraction of sp³-hybridized carbons (Fsp3) is 0.250. The van der Waals surface area contributed by atoms with Crippen LogP contribution >= 0.6 is 0 Å². The first-order valence-electron chi connectivity index (χ1n) is 5.20. The first-order valence-corrected chi connectivity index (χ1v) is 5.20. The molecular formula is C12H14FN3. The highest BCUT2D eigenvalue weighted by molar-refractivity contribution is 5.58. The van der Waals surface area contributed by atoms with E-state index in [4.69, 9.17) is 5.73 Å². The van der Waals surface area contributed by atoms with Crippen LogP contribution in [0.25, 0.3) is 11.3 Å². The van der Waals surface area contributed by atoms with Crippen LogP contribution < -0.4 is 5.73 Å². The monoisotopic (exact) mass is 219 g/mol. The third-order valence-electron chi connectivity index (χ3n) is 2.26. The summed E-state index contributed by atoms with van der Waals surface area (Å²) < 4.78 is 14.5. The molecule has 2 N–H and O–H groups in total. The van der Waals surface area contributed by atoms with E-state index >= 15 is 0 Å². The number of aromatic nitrogens is 2. The van der Waals surface area contributed by atoms with Gasteiger partial charge < -0.3 is 5.73 Å². The highest BCUT2D eigenvalue weighted by Gasteiger charge is 2.03. The minimum Gasteiger partial charge on any atom is -0.326 e. The fourth-order valence-corrected chi connectivity index (χ4v) is 1.53. The molecule has 4 heteroatoms. The summed E-state index contributed by atoms with van der Waals surface area (Å²) in [5, 5.41) is 4.36. The van der Waals surface area contributed by atoms with Crippen molar-refractivity contribution in [1.82, 2.24) is 9.78 Å². The van der Waals surface area contributed by atoms with E-state index in [9.17, 15) is 4.39 Å². The molecule has 0 amide bonds. The fourth-order valence-electron chi connectivity index (χ4n) is 1.53. The van der Waals surface area contributed by atoms with Crippen LogP contribution in [0.15, 0.2) is 36.5 Å². The minimum absolute atomic E-state index is 0.0703. The van der Waals surface area contributed by atoms with E-state index in [1.165, 1.54) is 12.1 Å². The number of rotatable bonds is 3. The normalized spacial score (nSPS) is 12.7. The number of hydrogen-bond donors (Lipinski definition) is 1. The van der Waals surface area contributed by atoms with Gasteiger partial charge in [0.25, 0.3) is 0 Å². The van der Waals surface area contributed by atoms with Crippen molar-refractivity contribution in [2.75, 3.05) is 0 Å². The summed E-state index contributed by atoms with van der Waals surface area (Å²) in [7, 11) is 0. The second-order valence-corrected chi connectivity index (χ2v) is 3.91. The Morgan fingerprint density at radius 3 is 2.62 bits per heavy atom. The first kappa shape index (κ1) is 10.8. The number of benzene rings is 1. The average molecular weight is 219 g/mol. The van der Waals surface area contributed by atoms with Gasteiger partial charge in [0.1, 0.15) is 5.82 Å². The lowest BCUT2D eigenvalue weighted by Crippen LogP contribution is -2.22. The van der Waals surface area contributed by atoms with Crippen molar-refractivity contribution in [2.24, 2.45) is 5.73 Å². The van der Waals surface area contributed by atoms with Gasteiger partial charge in [-0.25, -0.2) is 4.39 Å². The number of halogens is 1. The lowest BCUT2D eigenvalue weighted by Gasteiger charge is -2.04. The van der Waals surface area contributed by atoms with Gasteiger partial charge >= 0.3 is 0 Å². The predicted molar refractivity (Wildman–Crippen MR) is 61.3 cm³/mol. The average Bonchev–Trinajstić information content (AvgIpc) is 2.66. The predicted octanol–water partition coefficient (Wildman–Crippen LogP) is 2.04. The van der Waals surface area contributed by atoms with Gasteiger partial charge in [-0.1, -0.05) is 0 Å². The molecular weight excluding hydrogens is 205 g/mol. The molecule has 1 aromatic heterocycles. The van der Waals surface area contributed by atoms with Gasteiger partial charge in [-0.3, -0.25) is 4.68 Å². The van der Waals surface area contributed by atoms with Crippen LogP contribution in [0.3, 0.4) is 0 Å². The third-order valence-corrected chi connectivity index (χ3v) is 2.26. The summed E-state index contributed by atoms with van der Waals surface area (Å²) in [4.78, 5) is 0. The molecule has 0 radical (unpaired) electrons. The molecule has 0 unspecified atom stereocenters. The molecule has 2 rings (SSSR count). The van der Waals surface area contributed by atoms with Crippen molar-refractivity contribution in [3.05, 3.63) is 42.3 Å². The van der Waals surface area contributed by atoms with Crippen LogP contribution in [0.4, 0.5) is 4.39 Å². The SMILES string of the molecule is C[C@H](N)Cn1ccc(-c2ccc(F)cc2)n1. The Balaban J connectivity index is 2.21. The maximum Gasteiger partial charge on any atom is 0.123 e. The van der Waals surface area contributed by atoms with E-state index in [1.54, 1.807) is 16.8 Å². The summed E-state index contributed by atoms with van der Waals surface area (Å²) >= 11 is 0. The molecule has 2 aromatic rings. The van der Waals surface area contributed by atoms with E-state index in [0.717, 1.165) is 11.3 Å². The largest absolute Gasteiger partial charge is 0.326 e. The topological polar surface area (TPSA) is 43.8 Å². The molecule has 1 atom stereocenters. The summed E-state index contributed by atoms with van der Waals surface area (Å²) in [5.41, 5.74) is 7.42. The summed E-state index contributed by atoms with van der Waals surface area (Å²) in [5.74, 6) is -0.237. The molecule has 0 bridgehead atoms. The van der Waals surface area contributed by atoms with Crippen molar-refractivity contribution in [2.45, 2.75) is 19.5 Å². The maximum atomic E-state index is 12.7. The zero-order chi connectivity index (χ0) is 11.5. The number of nitrogens with two attached hydrogens (primary N) is 1. The Morgan fingerprint density at radius 1 is 1.31 bits per heavy atom. The van der Waals surface area contributed by atoms with Crippen molar-refractivity contribution in [1.29, 1.82) is 0 Å². The van der Waals surface area contributed by atoms with Gasteiger partial charge in [0.15, 0.2) is 0 Å². The molecule has 84 valence electrons. The van der Waals surface area contributed by atoms with Crippen molar-refractivity contribution >= 4 is 0 Å². The van der Waals surface area contributed by atoms with Crippen LogP contribution in [-0.4, -0.2) is 15.8 Å². The Hall–Kier alpha value is -1.68. The summed E-state index contributed by atoms with van der Waals surface area (Å²) in [6, 6.07) is 8.26. The zero-order valence-electron chi connectivity index (χ0n) is 9.10. The van der Waals surface area contributed by atoms with E-state index in [-0.39, 0.29) is 11.9 Å². The van der Waals surface area contributed by atoms with E-state index in [1.807, 2.05) is 19.2 Å². The van der Waals surface area contributed by atoms with E-state index in [0.29, 0.717) is 6.54 Å². The molecule has 0 aliphatic carbocycles. The highest BCUT2D eigenvalue weighted by atomic mass is 19.1. The molecule has 0 spiro atoms. The molecule has 0 aliphatic rings. The van der Waals surface area contributed by atoms with Crippen LogP contribution in [0.2, 0.25) is 0 Å². The van der Waals surface area contributed by atoms with Gasteiger partial charge in [-0.15, -0.1) is 0 Å². The quantitative estimate of drug-likeness (QED) is 0.858. The lowest BCUT2D eigenvalue weighted by molar-refractivity contribution is 0.540. The molecule has 16 heavy (non-hydrogen) atoms. The third kappa shape index (κ3) is 2.46. The highest BCUT2D eigenvalue weighted by Crippen LogP contribution is 2.16. The van der Waals surface area contributed by atoms with Crippen molar-refractivity contribution in [3.63, 3.8) is 0 Å². The molecule has 0 fully saturated rings. The van der Waals surface area contributed by atoms with Crippen LogP contribution in [0.5, 0.6) is 0 Å². The van der Waals surface area contributed by atoms with Crippen LogP contribution in [0.1, 0.15) is 6.92 Å². The second kappa shape index (κ2) is 4.45. The summed E-state index contributed by atoms with van der Waals surface area (Å²) in [6.45, 7) is 2.61. The Labute approximate surface area is 93.7 Å². The van der Waals surface area contributed by atoms with E-state index < -0.39 is 0 Å². The zero-order valence-corrected chi connectivity index (χ0v) is 9.10. The molecule has 1 aromatic carbocycles. The Bertz CT molecular complexity index is 459. The lowest BCUT2D eigenvalue weighted by atomic mass is 10.1. The molecule has 0 aliphatic heterocycles. The van der Waals surface area contributed by atoms with Gasteiger partial charge in [-0.2, -0.15) is 5.10 Å². The second-order valence-electron chi connectivity index (χ2n) is 3.91. The number of nitrogens with zero attached hydrogens (tertiary/aromatic N) is 2. The maximum absolute atomic E-state index is 12.7. The molecule has 0 saturated carbocycles. The summed E-state index contributed by atoms with van der Waals surface area (Å²) in [6.07, 6.45) is 1.88. The van der Waals surface area contributed by atoms with Gasteiger partial charge in [0.05, 0.1) is 12.2 Å².